The van der Waals surface area contributed by atoms with Crippen molar-refractivity contribution < 1.29 is 4.84 Å². The maximum atomic E-state index is 8.87. The highest BCUT2D eigenvalue weighted by Crippen LogP contribution is 2.32. The van der Waals surface area contributed by atoms with Crippen LogP contribution in [-0.2, 0) is 11.4 Å². The van der Waals surface area contributed by atoms with Crippen molar-refractivity contribution in [3.8, 4) is 6.07 Å². The fourth-order valence-electron chi connectivity index (χ4n) is 3.19. The summed E-state index contributed by atoms with van der Waals surface area (Å²) < 4.78 is 0. The van der Waals surface area contributed by atoms with Gasteiger partial charge in [-0.1, -0.05) is 60.8 Å². The zero-order valence-corrected chi connectivity index (χ0v) is 13.7. The third kappa shape index (κ3) is 4.45. The van der Waals surface area contributed by atoms with Gasteiger partial charge in [0.2, 0.25) is 0 Å². The van der Waals surface area contributed by atoms with E-state index in [1.165, 1.54) is 37.7 Å². The second kappa shape index (κ2) is 8.31. The van der Waals surface area contributed by atoms with Crippen LogP contribution >= 0.6 is 0 Å². The molecule has 1 radical (unpaired) electrons. The molecule has 121 valence electrons. The summed E-state index contributed by atoms with van der Waals surface area (Å²) in [5, 5.41) is 12.8. The van der Waals surface area contributed by atoms with E-state index in [1.54, 1.807) is 12.1 Å². The van der Waals surface area contributed by atoms with E-state index in [9.17, 15) is 0 Å². The zero-order valence-electron chi connectivity index (χ0n) is 13.7. The lowest BCUT2D eigenvalue weighted by molar-refractivity contribution is 0.132. The van der Waals surface area contributed by atoms with Crippen molar-refractivity contribution in [2.45, 2.75) is 44.6 Å². The monoisotopic (exact) mass is 317 g/mol. The standard InChI is InChI=1S/C21H21N2O/c22-14-18-5-4-6-19(13-18)16-24-23-15-17-9-11-21(12-10-17)20-7-2-1-3-8-20/h4-6,9-13,20H,1-3,7-8,16H2. The molecule has 2 aromatic rings. The van der Waals surface area contributed by atoms with Crippen LogP contribution in [0.4, 0.5) is 0 Å². The Morgan fingerprint density at radius 3 is 2.54 bits per heavy atom. The Bertz CT molecular complexity index is 722. The first-order chi connectivity index (χ1) is 11.8. The Kier molecular flexibility index (Phi) is 5.63. The van der Waals surface area contributed by atoms with Gasteiger partial charge in [0.05, 0.1) is 11.6 Å². The summed E-state index contributed by atoms with van der Waals surface area (Å²) in [7, 11) is 0. The molecule has 0 aliphatic heterocycles. The van der Waals surface area contributed by atoms with Crippen LogP contribution in [0.2, 0.25) is 0 Å². The van der Waals surface area contributed by atoms with E-state index >= 15 is 0 Å². The molecule has 1 aliphatic rings. The summed E-state index contributed by atoms with van der Waals surface area (Å²) in [5.41, 5.74) is 3.89. The zero-order chi connectivity index (χ0) is 16.6. The Labute approximate surface area is 143 Å². The summed E-state index contributed by atoms with van der Waals surface area (Å²) in [4.78, 5) is 5.27. The molecule has 0 heterocycles. The van der Waals surface area contributed by atoms with Gasteiger partial charge in [-0.15, -0.1) is 0 Å². The molecule has 3 nitrogen and oxygen atoms in total. The number of hydrogen-bond donors (Lipinski definition) is 0. The first-order valence-corrected chi connectivity index (χ1v) is 8.52. The van der Waals surface area contributed by atoms with Gasteiger partial charge in [0.15, 0.2) is 0 Å². The van der Waals surface area contributed by atoms with Crippen molar-refractivity contribution in [3.05, 3.63) is 70.8 Å². The molecule has 0 unspecified atom stereocenters. The van der Waals surface area contributed by atoms with Crippen LogP contribution in [0.25, 0.3) is 0 Å². The quantitative estimate of drug-likeness (QED) is 0.573. The second-order valence-electron chi connectivity index (χ2n) is 6.25. The molecule has 1 fully saturated rings. The average molecular weight is 317 g/mol. The molecule has 0 amide bonds. The molecular weight excluding hydrogens is 296 g/mol. The van der Waals surface area contributed by atoms with Crippen molar-refractivity contribution in [3.63, 3.8) is 0 Å². The predicted octanol–water partition coefficient (Wildman–Crippen LogP) is 5.03. The van der Waals surface area contributed by atoms with Gasteiger partial charge in [0.25, 0.3) is 0 Å². The first kappa shape index (κ1) is 16.3. The first-order valence-electron chi connectivity index (χ1n) is 8.52. The normalized spacial score (nSPS) is 15.3. The highest BCUT2D eigenvalue weighted by Gasteiger charge is 2.14. The Hall–Kier alpha value is -2.60. The SMILES string of the molecule is N#Cc1cccc(CO/N=[C]\c2ccc(C3CCCCC3)cc2)c1. The van der Waals surface area contributed by atoms with Crippen LogP contribution < -0.4 is 0 Å². The summed E-state index contributed by atoms with van der Waals surface area (Å²) in [6.45, 7) is 0.336. The maximum Gasteiger partial charge on any atom is 0.142 e. The van der Waals surface area contributed by atoms with Gasteiger partial charge < -0.3 is 4.84 Å². The Morgan fingerprint density at radius 2 is 1.79 bits per heavy atom. The lowest BCUT2D eigenvalue weighted by Gasteiger charge is -2.21. The van der Waals surface area contributed by atoms with E-state index in [-0.39, 0.29) is 0 Å². The van der Waals surface area contributed by atoms with Crippen LogP contribution in [0, 0.1) is 11.3 Å². The fourth-order valence-corrected chi connectivity index (χ4v) is 3.19. The van der Waals surface area contributed by atoms with Crippen molar-refractivity contribution in [2.75, 3.05) is 0 Å². The van der Waals surface area contributed by atoms with Crippen LogP contribution in [-0.4, -0.2) is 6.21 Å². The van der Waals surface area contributed by atoms with Crippen molar-refractivity contribution in [1.29, 1.82) is 5.26 Å². The molecular formula is C21H21N2O. The molecule has 3 rings (SSSR count). The van der Waals surface area contributed by atoms with Gasteiger partial charge in [-0.05, 0) is 42.0 Å². The van der Waals surface area contributed by atoms with E-state index in [2.05, 4.69) is 29.6 Å². The molecule has 0 atom stereocenters. The molecule has 3 heteroatoms. The molecule has 0 N–H and O–H groups in total. The molecule has 1 aliphatic carbocycles. The molecule has 0 bridgehead atoms. The van der Waals surface area contributed by atoms with E-state index in [4.69, 9.17) is 10.1 Å². The highest BCUT2D eigenvalue weighted by molar-refractivity contribution is 5.79. The van der Waals surface area contributed by atoms with Crippen LogP contribution in [0.15, 0.2) is 53.7 Å². The molecule has 0 spiro atoms. The van der Waals surface area contributed by atoms with E-state index in [0.29, 0.717) is 18.1 Å². The number of hydrogen-bond acceptors (Lipinski definition) is 3. The summed E-state index contributed by atoms with van der Waals surface area (Å²) in [5.74, 6) is 0.716. The summed E-state index contributed by atoms with van der Waals surface area (Å²) in [6.07, 6.45) is 9.60. The average Bonchev–Trinajstić information content (AvgIpc) is 2.67. The van der Waals surface area contributed by atoms with Gasteiger partial charge in [-0.25, -0.2) is 0 Å². The molecule has 0 aromatic heterocycles. The summed E-state index contributed by atoms with van der Waals surface area (Å²) >= 11 is 0. The topological polar surface area (TPSA) is 45.4 Å². The van der Waals surface area contributed by atoms with Crippen LogP contribution in [0.5, 0.6) is 0 Å². The third-order valence-electron chi connectivity index (χ3n) is 4.51. The largest absolute Gasteiger partial charge is 0.390 e. The number of nitriles is 1. The van der Waals surface area contributed by atoms with Crippen molar-refractivity contribution in [1.82, 2.24) is 0 Å². The number of nitrogens with zero attached hydrogens (tertiary/aromatic N) is 2. The number of rotatable bonds is 5. The second-order valence-corrected chi connectivity index (χ2v) is 6.25. The minimum atomic E-state index is 0.336. The van der Waals surface area contributed by atoms with Gasteiger partial charge in [0.1, 0.15) is 12.8 Å². The van der Waals surface area contributed by atoms with Gasteiger partial charge >= 0.3 is 0 Å². The van der Waals surface area contributed by atoms with Gasteiger partial charge in [-0.3, -0.25) is 0 Å². The molecule has 0 saturated heterocycles. The van der Waals surface area contributed by atoms with E-state index in [0.717, 1.165) is 11.1 Å². The molecule has 2 aromatic carbocycles. The van der Waals surface area contributed by atoms with Gasteiger partial charge in [-0.2, -0.15) is 5.26 Å². The minimum Gasteiger partial charge on any atom is -0.390 e. The minimum absolute atomic E-state index is 0.336. The smallest absolute Gasteiger partial charge is 0.142 e. The Balaban J connectivity index is 1.52. The molecule has 1 saturated carbocycles. The lowest BCUT2D eigenvalue weighted by Crippen LogP contribution is -2.04. The van der Waals surface area contributed by atoms with Crippen molar-refractivity contribution in [2.24, 2.45) is 5.16 Å². The lowest BCUT2D eigenvalue weighted by atomic mass is 9.84. The highest BCUT2D eigenvalue weighted by atomic mass is 16.6. The van der Waals surface area contributed by atoms with Crippen molar-refractivity contribution >= 4 is 6.21 Å². The fraction of sp³-hybridized carbons (Fsp3) is 0.333. The summed E-state index contributed by atoms with van der Waals surface area (Å²) in [6, 6.07) is 17.9. The Morgan fingerprint density at radius 1 is 1.00 bits per heavy atom. The van der Waals surface area contributed by atoms with E-state index < -0.39 is 0 Å². The number of benzene rings is 2. The maximum absolute atomic E-state index is 8.87. The van der Waals surface area contributed by atoms with E-state index in [1.807, 2.05) is 24.3 Å². The third-order valence-corrected chi connectivity index (χ3v) is 4.51. The van der Waals surface area contributed by atoms with Crippen LogP contribution in [0.1, 0.15) is 60.3 Å². The van der Waals surface area contributed by atoms with Gasteiger partial charge in [0, 0.05) is 5.56 Å². The molecule has 24 heavy (non-hydrogen) atoms. The van der Waals surface area contributed by atoms with Crippen LogP contribution in [0.3, 0.4) is 0 Å². The predicted molar refractivity (Wildman–Crippen MR) is 94.8 cm³/mol.